The molecule has 1 aromatic carbocycles. The van der Waals surface area contributed by atoms with Gasteiger partial charge in [0.1, 0.15) is 5.82 Å². The fourth-order valence-corrected chi connectivity index (χ4v) is 0.705. The van der Waals surface area contributed by atoms with Crippen LogP contribution in [-0.4, -0.2) is 28.3 Å². The van der Waals surface area contributed by atoms with Crippen LogP contribution in [0.15, 0.2) is 18.2 Å². The third-order valence-electron chi connectivity index (χ3n) is 1.63. The van der Waals surface area contributed by atoms with Crippen molar-refractivity contribution in [3.8, 4) is 0 Å². The molecule has 0 radical (unpaired) electrons. The number of nitrogen functional groups attached to an aromatic ring is 1. The van der Waals surface area contributed by atoms with E-state index in [1.54, 1.807) is 13.8 Å². The average Bonchev–Trinajstić information content (AvgIpc) is 2.16. The minimum Gasteiger partial charge on any atom is -0.478 e. The number of carboxylic acids is 1. The Kier molecular flexibility index (Phi) is 5.57. The van der Waals surface area contributed by atoms with E-state index in [2.05, 4.69) is 0 Å². The van der Waals surface area contributed by atoms with Gasteiger partial charge in [0.05, 0.1) is 12.2 Å². The summed E-state index contributed by atoms with van der Waals surface area (Å²) in [5, 5.41) is 16.7. The largest absolute Gasteiger partial charge is 0.478 e. The van der Waals surface area contributed by atoms with Gasteiger partial charge in [0.2, 0.25) is 0 Å². The molecule has 5 nitrogen and oxygen atoms in total. The number of halogens is 1. The maximum Gasteiger partial charge on any atom is 0.338 e. The topological polar surface area (TPSA) is 110 Å². The molecule has 6 N–H and O–H groups in total. The summed E-state index contributed by atoms with van der Waals surface area (Å²) < 4.78 is 12.6. The number of carboxylic acid groups (broad SMARTS) is 1. The first-order chi connectivity index (χ1) is 7.67. The van der Waals surface area contributed by atoms with Crippen molar-refractivity contribution in [1.29, 1.82) is 0 Å². The minimum atomic E-state index is -1.29. The number of aliphatic hydroxyl groups excluding tert-OH is 1. The van der Waals surface area contributed by atoms with E-state index in [4.69, 9.17) is 21.7 Å². The third kappa shape index (κ3) is 6.49. The number of aliphatic hydroxyl groups is 1. The summed E-state index contributed by atoms with van der Waals surface area (Å²) >= 11 is 0. The Labute approximate surface area is 98.9 Å². The van der Waals surface area contributed by atoms with Gasteiger partial charge >= 0.3 is 5.97 Å². The molecular formula is C11H17FN2O3. The Morgan fingerprint density at radius 1 is 1.47 bits per heavy atom. The van der Waals surface area contributed by atoms with Crippen molar-refractivity contribution < 1.29 is 19.4 Å². The number of hydrogen-bond donors (Lipinski definition) is 4. The third-order valence-corrected chi connectivity index (χ3v) is 1.63. The zero-order chi connectivity index (χ0) is 13.6. The zero-order valence-electron chi connectivity index (χ0n) is 9.77. The van der Waals surface area contributed by atoms with E-state index in [9.17, 15) is 9.18 Å². The first-order valence-electron chi connectivity index (χ1n) is 4.85. The van der Waals surface area contributed by atoms with Crippen molar-refractivity contribution in [2.24, 2.45) is 5.73 Å². The summed E-state index contributed by atoms with van der Waals surface area (Å²) in [6.45, 7) is 3.59. The summed E-state index contributed by atoms with van der Waals surface area (Å²) in [6, 6.07) is 3.45. The number of hydrogen-bond acceptors (Lipinski definition) is 4. The molecule has 0 heterocycles. The normalized spacial score (nSPS) is 10.4. The second kappa shape index (κ2) is 6.17. The van der Waals surface area contributed by atoms with E-state index in [0.717, 1.165) is 12.1 Å². The van der Waals surface area contributed by atoms with E-state index in [0.29, 0.717) is 0 Å². The van der Waals surface area contributed by atoms with Crippen molar-refractivity contribution in [1.82, 2.24) is 0 Å². The van der Waals surface area contributed by atoms with Gasteiger partial charge < -0.3 is 21.7 Å². The zero-order valence-corrected chi connectivity index (χ0v) is 9.77. The van der Waals surface area contributed by atoms with E-state index in [1.807, 2.05) is 0 Å². The highest BCUT2D eigenvalue weighted by Crippen LogP contribution is 2.10. The second-order valence-corrected chi connectivity index (χ2v) is 4.19. The van der Waals surface area contributed by atoms with Gasteiger partial charge in [-0.3, -0.25) is 0 Å². The first-order valence-corrected chi connectivity index (χ1v) is 4.85. The SMILES string of the molecule is CC(C)(N)CO.Nc1ccc(C(=O)O)c(F)c1. The molecule has 6 heteroatoms. The van der Waals surface area contributed by atoms with Crippen molar-refractivity contribution in [3.63, 3.8) is 0 Å². The van der Waals surface area contributed by atoms with Gasteiger partial charge in [0.25, 0.3) is 0 Å². The van der Waals surface area contributed by atoms with Crippen molar-refractivity contribution in [3.05, 3.63) is 29.6 Å². The van der Waals surface area contributed by atoms with Crippen LogP contribution in [0.5, 0.6) is 0 Å². The molecule has 0 aliphatic heterocycles. The molecule has 17 heavy (non-hydrogen) atoms. The Balaban J connectivity index is 0.000000366. The minimum absolute atomic E-state index is 0.0486. The Morgan fingerprint density at radius 3 is 2.24 bits per heavy atom. The van der Waals surface area contributed by atoms with Gasteiger partial charge in [-0.25, -0.2) is 9.18 Å². The summed E-state index contributed by atoms with van der Waals surface area (Å²) in [6.07, 6.45) is 0. The van der Waals surface area contributed by atoms with Crippen LogP contribution in [0, 0.1) is 5.82 Å². The highest BCUT2D eigenvalue weighted by atomic mass is 19.1. The van der Waals surface area contributed by atoms with Crippen LogP contribution in [0.25, 0.3) is 0 Å². The van der Waals surface area contributed by atoms with Crippen molar-refractivity contribution >= 4 is 11.7 Å². The van der Waals surface area contributed by atoms with E-state index >= 15 is 0 Å². The Hall–Kier alpha value is -1.66. The van der Waals surface area contributed by atoms with Crippen molar-refractivity contribution in [2.45, 2.75) is 19.4 Å². The van der Waals surface area contributed by atoms with Gasteiger partial charge in [-0.15, -0.1) is 0 Å². The quantitative estimate of drug-likeness (QED) is 0.576. The molecule has 0 aliphatic rings. The lowest BCUT2D eigenvalue weighted by Gasteiger charge is -2.12. The van der Waals surface area contributed by atoms with Gasteiger partial charge in [-0.1, -0.05) is 0 Å². The molecule has 0 bridgehead atoms. The number of benzene rings is 1. The molecule has 0 aromatic heterocycles. The lowest BCUT2D eigenvalue weighted by Crippen LogP contribution is -2.35. The number of rotatable bonds is 2. The number of nitrogens with two attached hydrogens (primary N) is 2. The standard InChI is InChI=1S/C7H6FNO2.C4H11NO/c8-6-3-4(9)1-2-5(6)7(10)11;1-4(2,5)3-6/h1-3H,9H2,(H,10,11);6H,3,5H2,1-2H3. The fraction of sp³-hybridized carbons (Fsp3) is 0.364. The molecule has 0 unspecified atom stereocenters. The summed E-state index contributed by atoms with van der Waals surface area (Å²) in [5.74, 6) is -2.10. The van der Waals surface area contributed by atoms with Crippen LogP contribution < -0.4 is 11.5 Å². The lowest BCUT2D eigenvalue weighted by atomic mass is 10.1. The summed E-state index contributed by atoms with van der Waals surface area (Å²) in [5.41, 5.74) is 9.93. The predicted molar refractivity (Wildman–Crippen MR) is 63.1 cm³/mol. The molecule has 1 rings (SSSR count). The van der Waals surface area contributed by atoms with Crippen LogP contribution >= 0.6 is 0 Å². The highest BCUT2D eigenvalue weighted by molar-refractivity contribution is 5.88. The smallest absolute Gasteiger partial charge is 0.338 e. The molecule has 96 valence electrons. The lowest BCUT2D eigenvalue weighted by molar-refractivity contribution is 0.0692. The fourth-order valence-electron chi connectivity index (χ4n) is 0.705. The molecular weight excluding hydrogens is 227 g/mol. The predicted octanol–water partition coefficient (Wildman–Crippen LogP) is 0.822. The van der Waals surface area contributed by atoms with E-state index in [-0.39, 0.29) is 17.9 Å². The molecule has 0 amide bonds. The van der Waals surface area contributed by atoms with Gasteiger partial charge in [0.15, 0.2) is 0 Å². The maximum absolute atomic E-state index is 12.6. The molecule has 0 fully saturated rings. The summed E-state index contributed by atoms with van der Waals surface area (Å²) in [4.78, 5) is 10.3. The molecule has 0 spiro atoms. The van der Waals surface area contributed by atoms with Crippen LogP contribution in [-0.2, 0) is 0 Å². The number of carbonyl (C=O) groups is 1. The summed E-state index contributed by atoms with van der Waals surface area (Å²) in [7, 11) is 0. The van der Waals surface area contributed by atoms with Crippen LogP contribution in [0.2, 0.25) is 0 Å². The van der Waals surface area contributed by atoms with Gasteiger partial charge in [-0.05, 0) is 32.0 Å². The average molecular weight is 244 g/mol. The first kappa shape index (κ1) is 15.3. The molecule has 0 saturated heterocycles. The van der Waals surface area contributed by atoms with Crippen molar-refractivity contribution in [2.75, 3.05) is 12.3 Å². The van der Waals surface area contributed by atoms with Crippen LogP contribution in [0.4, 0.5) is 10.1 Å². The Morgan fingerprint density at radius 2 is 1.94 bits per heavy atom. The second-order valence-electron chi connectivity index (χ2n) is 4.19. The van der Waals surface area contributed by atoms with Crippen LogP contribution in [0.1, 0.15) is 24.2 Å². The molecule has 0 aliphatic carbocycles. The highest BCUT2D eigenvalue weighted by Gasteiger charge is 2.08. The van der Waals surface area contributed by atoms with E-state index in [1.165, 1.54) is 6.07 Å². The monoisotopic (exact) mass is 244 g/mol. The van der Waals surface area contributed by atoms with E-state index < -0.39 is 17.3 Å². The number of anilines is 1. The van der Waals surface area contributed by atoms with Gasteiger partial charge in [-0.2, -0.15) is 0 Å². The Bertz CT molecular complexity index is 389. The van der Waals surface area contributed by atoms with Gasteiger partial charge in [0, 0.05) is 11.2 Å². The molecule has 0 saturated carbocycles. The molecule has 1 aromatic rings. The van der Waals surface area contributed by atoms with Crippen LogP contribution in [0.3, 0.4) is 0 Å². The molecule has 0 atom stereocenters. The maximum atomic E-state index is 12.6. The number of aromatic carboxylic acids is 1.